The largest absolute Gasteiger partial charge is 0.357 e. The van der Waals surface area contributed by atoms with Crippen LogP contribution in [0.15, 0.2) is 11.6 Å². The van der Waals surface area contributed by atoms with E-state index >= 15 is 0 Å². The first-order valence-corrected chi connectivity index (χ1v) is 7.80. The Morgan fingerprint density at radius 1 is 1.63 bits per heavy atom. The fourth-order valence-corrected chi connectivity index (χ4v) is 3.05. The molecule has 1 N–H and O–H groups in total. The highest BCUT2D eigenvalue weighted by Gasteiger charge is 2.29. The number of amides is 1. The number of aromatic nitrogens is 1. The average Bonchev–Trinajstić information content (AvgIpc) is 2.76. The Bertz CT molecular complexity index is 390. The Morgan fingerprint density at radius 3 is 2.68 bits per heavy atom. The smallest absolute Gasteiger partial charge is 0.207 e. The molecule has 1 aliphatic rings. The van der Waals surface area contributed by atoms with Gasteiger partial charge in [-0.25, -0.2) is 4.98 Å². The number of rotatable bonds is 4. The van der Waals surface area contributed by atoms with E-state index in [9.17, 15) is 9.59 Å². The first-order chi connectivity index (χ1) is 9.02. The fourth-order valence-electron chi connectivity index (χ4n) is 1.41. The SMILES string of the molecule is CC(=O)SC1CN(c2nccs2)C1.CC(C)NC=O. The Hall–Kier alpha value is -1.08. The number of hydrogen-bond donors (Lipinski definition) is 1. The van der Waals surface area contributed by atoms with Gasteiger partial charge in [-0.1, -0.05) is 11.8 Å². The Balaban J connectivity index is 0.000000258. The van der Waals surface area contributed by atoms with E-state index in [1.165, 1.54) is 11.8 Å². The van der Waals surface area contributed by atoms with Crippen molar-refractivity contribution in [3.05, 3.63) is 11.6 Å². The molecule has 19 heavy (non-hydrogen) atoms. The highest BCUT2D eigenvalue weighted by atomic mass is 32.2. The topological polar surface area (TPSA) is 62.3 Å². The minimum Gasteiger partial charge on any atom is -0.357 e. The summed E-state index contributed by atoms with van der Waals surface area (Å²) in [6.45, 7) is 7.36. The van der Waals surface area contributed by atoms with Crippen LogP contribution in [0.2, 0.25) is 0 Å². The van der Waals surface area contributed by atoms with Gasteiger partial charge >= 0.3 is 0 Å². The predicted octanol–water partition coefficient (Wildman–Crippen LogP) is 1.75. The monoisotopic (exact) mass is 301 g/mol. The number of thiazole rings is 1. The van der Waals surface area contributed by atoms with Crippen LogP contribution < -0.4 is 10.2 Å². The minimum absolute atomic E-state index is 0.212. The van der Waals surface area contributed by atoms with Crippen LogP contribution in [0.3, 0.4) is 0 Å². The molecule has 1 saturated heterocycles. The Morgan fingerprint density at radius 2 is 2.32 bits per heavy atom. The van der Waals surface area contributed by atoms with Crippen molar-refractivity contribution in [3.63, 3.8) is 0 Å². The van der Waals surface area contributed by atoms with Gasteiger partial charge in [-0.2, -0.15) is 0 Å². The lowest BCUT2D eigenvalue weighted by atomic mass is 10.2. The second-order valence-corrected chi connectivity index (χ2v) is 6.74. The molecule has 0 radical (unpaired) electrons. The number of nitrogens with zero attached hydrogens (tertiary/aromatic N) is 2. The van der Waals surface area contributed by atoms with Gasteiger partial charge in [0.1, 0.15) is 0 Å². The quantitative estimate of drug-likeness (QED) is 0.859. The summed E-state index contributed by atoms with van der Waals surface area (Å²) in [6.07, 6.45) is 2.51. The number of nitrogens with one attached hydrogen (secondary N) is 1. The zero-order chi connectivity index (χ0) is 14.3. The van der Waals surface area contributed by atoms with Crippen molar-refractivity contribution in [3.8, 4) is 0 Å². The Kier molecular flexibility index (Phi) is 6.86. The van der Waals surface area contributed by atoms with Crippen molar-refractivity contribution in [2.75, 3.05) is 18.0 Å². The van der Waals surface area contributed by atoms with Crippen molar-refractivity contribution in [1.82, 2.24) is 10.3 Å². The summed E-state index contributed by atoms with van der Waals surface area (Å²) < 4.78 is 0. The average molecular weight is 301 g/mol. The van der Waals surface area contributed by atoms with Crippen LogP contribution in [0.25, 0.3) is 0 Å². The predicted molar refractivity (Wildman–Crippen MR) is 80.7 cm³/mol. The first kappa shape index (κ1) is 16.0. The minimum atomic E-state index is 0.212. The zero-order valence-corrected chi connectivity index (χ0v) is 13.0. The molecule has 0 spiro atoms. The second-order valence-electron chi connectivity index (χ2n) is 4.39. The summed E-state index contributed by atoms with van der Waals surface area (Å²) in [4.78, 5) is 26.7. The van der Waals surface area contributed by atoms with Crippen LogP contribution in [-0.4, -0.2) is 40.9 Å². The molecule has 0 saturated carbocycles. The summed E-state index contributed by atoms with van der Waals surface area (Å²) >= 11 is 3.09. The number of carbonyl (C=O) groups excluding carboxylic acids is 2. The highest BCUT2D eigenvalue weighted by molar-refractivity contribution is 8.14. The van der Waals surface area contributed by atoms with Crippen LogP contribution in [0, 0.1) is 0 Å². The fraction of sp³-hybridized carbons (Fsp3) is 0.583. The molecule has 0 atom stereocenters. The summed E-state index contributed by atoms with van der Waals surface area (Å²) in [5, 5.41) is 6.26. The normalized spacial score (nSPS) is 14.4. The Labute approximate surface area is 121 Å². The van der Waals surface area contributed by atoms with Gasteiger partial charge in [0.25, 0.3) is 0 Å². The molecule has 5 nitrogen and oxygen atoms in total. The van der Waals surface area contributed by atoms with Gasteiger partial charge in [-0.05, 0) is 13.8 Å². The van der Waals surface area contributed by atoms with Crippen molar-refractivity contribution in [2.24, 2.45) is 0 Å². The van der Waals surface area contributed by atoms with Gasteiger partial charge in [0.2, 0.25) is 6.41 Å². The molecule has 1 amide bonds. The van der Waals surface area contributed by atoms with E-state index in [2.05, 4.69) is 15.2 Å². The van der Waals surface area contributed by atoms with Crippen molar-refractivity contribution in [2.45, 2.75) is 32.1 Å². The van der Waals surface area contributed by atoms with E-state index in [0.29, 0.717) is 11.7 Å². The lowest BCUT2D eigenvalue weighted by molar-refractivity contribution is -0.110. The lowest BCUT2D eigenvalue weighted by Crippen LogP contribution is -2.49. The van der Waals surface area contributed by atoms with E-state index in [0.717, 1.165) is 18.2 Å². The molecular weight excluding hydrogens is 282 g/mol. The van der Waals surface area contributed by atoms with E-state index in [-0.39, 0.29) is 11.2 Å². The van der Waals surface area contributed by atoms with Crippen LogP contribution >= 0.6 is 23.1 Å². The maximum Gasteiger partial charge on any atom is 0.207 e. The van der Waals surface area contributed by atoms with Crippen LogP contribution in [0.5, 0.6) is 0 Å². The van der Waals surface area contributed by atoms with Crippen molar-refractivity contribution >= 4 is 39.8 Å². The standard InChI is InChI=1S/C8H10N2OS2.C4H9NO/c1-6(11)13-7-4-10(5-7)8-9-2-3-12-8;1-4(2)5-3-6/h2-3,7H,4-5H2,1H3;3-4H,1-2H3,(H,5,6). The van der Waals surface area contributed by atoms with Crippen molar-refractivity contribution < 1.29 is 9.59 Å². The van der Waals surface area contributed by atoms with Gasteiger partial charge in [0, 0.05) is 42.9 Å². The van der Waals surface area contributed by atoms with Crippen molar-refractivity contribution in [1.29, 1.82) is 0 Å². The maximum atomic E-state index is 10.8. The number of anilines is 1. The van der Waals surface area contributed by atoms with E-state index in [1.54, 1.807) is 18.3 Å². The number of thioether (sulfide) groups is 1. The molecule has 1 aromatic heterocycles. The number of hydrogen-bond acceptors (Lipinski definition) is 6. The summed E-state index contributed by atoms with van der Waals surface area (Å²) in [5.74, 6) is 0. The van der Waals surface area contributed by atoms with Gasteiger partial charge in [-0.3, -0.25) is 9.59 Å². The van der Waals surface area contributed by atoms with Gasteiger partial charge < -0.3 is 10.2 Å². The molecular formula is C12H19N3O2S2. The van der Waals surface area contributed by atoms with Gasteiger partial charge in [0.05, 0.1) is 0 Å². The molecule has 7 heteroatoms. The van der Waals surface area contributed by atoms with E-state index in [4.69, 9.17) is 0 Å². The molecule has 2 rings (SSSR count). The molecule has 106 valence electrons. The lowest BCUT2D eigenvalue weighted by Gasteiger charge is -2.37. The molecule has 2 heterocycles. The molecule has 1 aromatic rings. The molecule has 0 unspecified atom stereocenters. The molecule has 0 aliphatic carbocycles. The summed E-state index contributed by atoms with van der Waals surface area (Å²) in [5.41, 5.74) is 0. The number of carbonyl (C=O) groups is 2. The summed E-state index contributed by atoms with van der Waals surface area (Å²) in [6, 6.07) is 0.280. The van der Waals surface area contributed by atoms with Crippen LogP contribution in [-0.2, 0) is 9.59 Å². The van der Waals surface area contributed by atoms with E-state index in [1.807, 2.05) is 25.4 Å². The third-order valence-corrected chi connectivity index (χ3v) is 4.07. The second kappa shape index (κ2) is 8.16. The van der Waals surface area contributed by atoms with Crippen LogP contribution in [0.4, 0.5) is 5.13 Å². The molecule has 1 aliphatic heterocycles. The first-order valence-electron chi connectivity index (χ1n) is 6.04. The third-order valence-electron chi connectivity index (χ3n) is 2.27. The van der Waals surface area contributed by atoms with Crippen LogP contribution in [0.1, 0.15) is 20.8 Å². The zero-order valence-electron chi connectivity index (χ0n) is 11.3. The van der Waals surface area contributed by atoms with E-state index < -0.39 is 0 Å². The third kappa shape index (κ3) is 6.07. The highest BCUT2D eigenvalue weighted by Crippen LogP contribution is 2.29. The maximum absolute atomic E-state index is 10.8. The molecule has 0 aromatic carbocycles. The van der Waals surface area contributed by atoms with Gasteiger partial charge in [-0.15, -0.1) is 11.3 Å². The molecule has 0 bridgehead atoms. The molecule has 1 fully saturated rings. The summed E-state index contributed by atoms with van der Waals surface area (Å²) in [7, 11) is 0. The van der Waals surface area contributed by atoms with Gasteiger partial charge in [0.15, 0.2) is 10.2 Å².